The smallest absolute Gasteiger partial charge is 0.166 e. The van der Waals surface area contributed by atoms with Gasteiger partial charge >= 0.3 is 0 Å². The molecule has 30 heavy (non-hydrogen) atoms. The molecule has 0 unspecified atom stereocenters. The summed E-state index contributed by atoms with van der Waals surface area (Å²) in [6, 6.07) is 4.11. The molecule has 6 heteroatoms. The second kappa shape index (κ2) is 5.34. The summed E-state index contributed by atoms with van der Waals surface area (Å²) in [6.45, 7) is 1.95. The van der Waals surface area contributed by atoms with E-state index in [4.69, 9.17) is 9.47 Å². The fourth-order valence-corrected chi connectivity index (χ4v) is 7.67. The van der Waals surface area contributed by atoms with Crippen LogP contribution in [-0.4, -0.2) is 69.4 Å². The van der Waals surface area contributed by atoms with E-state index in [1.807, 2.05) is 6.07 Å². The van der Waals surface area contributed by atoms with Gasteiger partial charge in [-0.25, -0.2) is 0 Å². The quantitative estimate of drug-likeness (QED) is 0.694. The Morgan fingerprint density at radius 3 is 2.53 bits per heavy atom. The van der Waals surface area contributed by atoms with E-state index >= 15 is 0 Å². The number of hydrogen-bond donors (Lipinski definition) is 3. The lowest BCUT2D eigenvalue weighted by molar-refractivity contribution is -0.261. The maximum atomic E-state index is 12.4. The predicted molar refractivity (Wildman–Crippen MR) is 109 cm³/mol. The molecule has 4 aliphatic carbocycles. The molecule has 1 spiro atoms. The van der Waals surface area contributed by atoms with Crippen molar-refractivity contribution in [2.24, 2.45) is 5.92 Å². The van der Waals surface area contributed by atoms with E-state index in [9.17, 15) is 15.3 Å². The highest BCUT2D eigenvalue weighted by Crippen LogP contribution is 2.70. The molecule has 2 bridgehead atoms. The zero-order valence-electron chi connectivity index (χ0n) is 17.6. The molecule has 0 aromatic heterocycles. The van der Waals surface area contributed by atoms with Crippen LogP contribution in [0, 0.1) is 5.92 Å². The van der Waals surface area contributed by atoms with E-state index in [1.54, 1.807) is 7.11 Å². The fourth-order valence-electron chi connectivity index (χ4n) is 7.67. The van der Waals surface area contributed by atoms with Crippen LogP contribution in [0.4, 0.5) is 0 Å². The molecule has 4 fully saturated rings. The van der Waals surface area contributed by atoms with Crippen molar-refractivity contribution in [3.8, 4) is 11.5 Å². The third kappa shape index (κ3) is 1.88. The molecule has 1 aromatic carbocycles. The zero-order chi connectivity index (χ0) is 20.5. The molecule has 2 heterocycles. The highest BCUT2D eigenvalue weighted by Gasteiger charge is 2.80. The monoisotopic (exact) mass is 413 g/mol. The molecule has 5 atom stereocenters. The predicted octanol–water partition coefficient (Wildman–Crippen LogP) is 1.52. The van der Waals surface area contributed by atoms with Crippen LogP contribution in [-0.2, 0) is 11.8 Å². The van der Waals surface area contributed by atoms with Crippen LogP contribution >= 0.6 is 0 Å². The Morgan fingerprint density at radius 2 is 1.83 bits per heavy atom. The van der Waals surface area contributed by atoms with Crippen molar-refractivity contribution in [2.75, 3.05) is 20.2 Å². The van der Waals surface area contributed by atoms with Crippen LogP contribution < -0.4 is 9.47 Å². The lowest BCUT2D eigenvalue weighted by atomic mass is 9.46. The minimum Gasteiger partial charge on any atom is -0.493 e. The van der Waals surface area contributed by atoms with Crippen molar-refractivity contribution in [1.29, 1.82) is 0 Å². The minimum absolute atomic E-state index is 0.0307. The average Bonchev–Trinajstić information content (AvgIpc) is 3.65. The van der Waals surface area contributed by atoms with E-state index in [-0.39, 0.29) is 6.04 Å². The third-order valence-electron chi connectivity index (χ3n) is 9.57. The van der Waals surface area contributed by atoms with Gasteiger partial charge in [0.05, 0.1) is 23.7 Å². The average molecular weight is 414 g/mol. The lowest BCUT2D eigenvalue weighted by Crippen LogP contribution is -2.80. The van der Waals surface area contributed by atoms with Crippen LogP contribution in [0.25, 0.3) is 0 Å². The summed E-state index contributed by atoms with van der Waals surface area (Å²) in [4.78, 5) is 2.52. The lowest BCUT2D eigenvalue weighted by Gasteiger charge is -2.66. The number of hydrogen-bond acceptors (Lipinski definition) is 6. The first-order chi connectivity index (χ1) is 14.4. The topological polar surface area (TPSA) is 82.4 Å². The van der Waals surface area contributed by atoms with E-state index in [1.165, 1.54) is 18.4 Å². The summed E-state index contributed by atoms with van der Waals surface area (Å²) < 4.78 is 12.2. The van der Waals surface area contributed by atoms with Crippen molar-refractivity contribution in [2.45, 2.75) is 85.7 Å². The molecule has 162 valence electrons. The van der Waals surface area contributed by atoms with Gasteiger partial charge in [0, 0.05) is 18.2 Å². The highest BCUT2D eigenvalue weighted by atomic mass is 16.5. The van der Waals surface area contributed by atoms with Crippen molar-refractivity contribution < 1.29 is 24.8 Å². The number of ether oxygens (including phenoxy) is 2. The van der Waals surface area contributed by atoms with Crippen LogP contribution in [0.3, 0.4) is 0 Å². The molecule has 0 amide bonds. The SMILES string of the molecule is COc1ccc2c3c1O[C@H]1[C@@](O)(C4(O)CC4)CC[C@@]4(O)[C@@H](C2)N(CC2CC2)CC[C@]314. The summed E-state index contributed by atoms with van der Waals surface area (Å²) in [7, 11) is 1.64. The Bertz CT molecular complexity index is 942. The summed E-state index contributed by atoms with van der Waals surface area (Å²) in [6.07, 6.45) is 5.53. The second-order valence-electron chi connectivity index (χ2n) is 10.9. The van der Waals surface area contributed by atoms with Gasteiger partial charge in [0.25, 0.3) is 0 Å². The van der Waals surface area contributed by atoms with Crippen molar-refractivity contribution in [1.82, 2.24) is 4.90 Å². The Hall–Kier alpha value is -1.34. The molecule has 0 radical (unpaired) electrons. The van der Waals surface area contributed by atoms with Gasteiger partial charge in [-0.1, -0.05) is 6.07 Å². The number of likely N-dealkylation sites (tertiary alicyclic amines) is 1. The standard InChI is InChI=1S/C24H31NO5/c1-29-16-5-4-15-12-17-23(27)8-9-24(28,21(26)6-7-21)20-22(23,18(15)19(16)30-20)10-11-25(17)13-14-2-3-14/h4-5,14,17,20,26-28H,2-3,6-13H2,1H3/t17-,20-,22+,23-,24-/m1/s1. The van der Waals surface area contributed by atoms with Gasteiger partial charge in [-0.3, -0.25) is 4.90 Å². The first-order valence-corrected chi connectivity index (χ1v) is 11.6. The molecule has 2 aliphatic heterocycles. The van der Waals surface area contributed by atoms with Crippen LogP contribution in [0.2, 0.25) is 0 Å². The van der Waals surface area contributed by atoms with Gasteiger partial charge in [-0.2, -0.15) is 0 Å². The number of benzene rings is 1. The third-order valence-corrected chi connectivity index (χ3v) is 9.57. The van der Waals surface area contributed by atoms with Gasteiger partial charge < -0.3 is 24.8 Å². The van der Waals surface area contributed by atoms with Gasteiger partial charge in [0.15, 0.2) is 11.5 Å². The normalized spacial score (nSPS) is 44.9. The van der Waals surface area contributed by atoms with E-state index in [0.29, 0.717) is 37.2 Å². The van der Waals surface area contributed by atoms with E-state index in [0.717, 1.165) is 37.4 Å². The summed E-state index contributed by atoms with van der Waals surface area (Å²) in [5, 5.41) is 35.5. The number of piperidine rings is 1. The molecule has 1 aromatic rings. The van der Waals surface area contributed by atoms with Crippen molar-refractivity contribution in [3.05, 3.63) is 23.3 Å². The molecular weight excluding hydrogens is 382 g/mol. The zero-order valence-corrected chi connectivity index (χ0v) is 17.6. The van der Waals surface area contributed by atoms with Crippen LogP contribution in [0.1, 0.15) is 56.1 Å². The minimum atomic E-state index is -1.35. The van der Waals surface area contributed by atoms with Gasteiger partial charge in [-0.15, -0.1) is 0 Å². The van der Waals surface area contributed by atoms with Gasteiger partial charge in [-0.05, 0) is 75.5 Å². The summed E-state index contributed by atoms with van der Waals surface area (Å²) >= 11 is 0. The Morgan fingerprint density at radius 1 is 1.07 bits per heavy atom. The molecular formula is C24H31NO5. The number of nitrogens with zero attached hydrogens (tertiary/aromatic N) is 1. The largest absolute Gasteiger partial charge is 0.493 e. The molecule has 6 nitrogen and oxygen atoms in total. The number of methoxy groups -OCH3 is 1. The van der Waals surface area contributed by atoms with E-state index < -0.39 is 28.3 Å². The summed E-state index contributed by atoms with van der Waals surface area (Å²) in [5.74, 6) is 2.10. The van der Waals surface area contributed by atoms with Gasteiger partial charge in [0.1, 0.15) is 11.7 Å². The van der Waals surface area contributed by atoms with Gasteiger partial charge in [0.2, 0.25) is 0 Å². The highest BCUT2D eigenvalue weighted by molar-refractivity contribution is 5.63. The maximum absolute atomic E-state index is 12.4. The van der Waals surface area contributed by atoms with E-state index in [2.05, 4.69) is 11.0 Å². The number of aliphatic hydroxyl groups is 3. The van der Waals surface area contributed by atoms with Crippen molar-refractivity contribution in [3.63, 3.8) is 0 Å². The molecule has 6 aliphatic rings. The first-order valence-electron chi connectivity index (χ1n) is 11.6. The van der Waals surface area contributed by atoms with Crippen LogP contribution in [0.5, 0.6) is 11.5 Å². The Kier molecular flexibility index (Phi) is 3.25. The van der Waals surface area contributed by atoms with Crippen molar-refractivity contribution >= 4 is 0 Å². The molecule has 1 saturated heterocycles. The molecule has 3 saturated carbocycles. The Labute approximate surface area is 176 Å². The fraction of sp³-hybridized carbons (Fsp3) is 0.750. The molecule has 3 N–H and O–H groups in total. The first kappa shape index (κ1) is 18.3. The molecule has 7 rings (SSSR count). The number of rotatable bonds is 4. The van der Waals surface area contributed by atoms with Crippen LogP contribution in [0.15, 0.2) is 12.1 Å². The Balaban J connectivity index is 1.45. The maximum Gasteiger partial charge on any atom is 0.166 e. The summed E-state index contributed by atoms with van der Waals surface area (Å²) in [5.41, 5.74) is -1.87. The second-order valence-corrected chi connectivity index (χ2v) is 10.9.